The zero-order valence-electron chi connectivity index (χ0n) is 11.9. The van der Waals surface area contributed by atoms with E-state index in [0.29, 0.717) is 24.6 Å². The SMILES string of the molecule is CC(C)NCCCC(=O)N(C)Cc1ccccc1F. The molecule has 106 valence electrons. The Hall–Kier alpha value is -1.42. The second-order valence-electron chi connectivity index (χ2n) is 5.05. The third-order valence-corrected chi connectivity index (χ3v) is 2.91. The minimum Gasteiger partial charge on any atom is -0.341 e. The van der Waals surface area contributed by atoms with Gasteiger partial charge in [0.05, 0.1) is 0 Å². The fourth-order valence-electron chi connectivity index (χ4n) is 1.79. The summed E-state index contributed by atoms with van der Waals surface area (Å²) in [6, 6.07) is 6.99. The van der Waals surface area contributed by atoms with E-state index in [9.17, 15) is 9.18 Å². The largest absolute Gasteiger partial charge is 0.341 e. The molecule has 0 aromatic heterocycles. The van der Waals surface area contributed by atoms with Gasteiger partial charge in [0.2, 0.25) is 5.91 Å². The lowest BCUT2D eigenvalue weighted by atomic mass is 10.2. The summed E-state index contributed by atoms with van der Waals surface area (Å²) in [6.45, 7) is 5.30. The molecule has 1 amide bonds. The summed E-state index contributed by atoms with van der Waals surface area (Å²) in [5.74, 6) is -0.211. The van der Waals surface area contributed by atoms with E-state index < -0.39 is 0 Å². The molecule has 0 spiro atoms. The van der Waals surface area contributed by atoms with Gasteiger partial charge in [-0.3, -0.25) is 4.79 Å². The van der Waals surface area contributed by atoms with Gasteiger partial charge in [-0.25, -0.2) is 4.39 Å². The molecule has 0 aliphatic heterocycles. The van der Waals surface area contributed by atoms with Gasteiger partial charge in [-0.15, -0.1) is 0 Å². The van der Waals surface area contributed by atoms with Crippen LogP contribution in [0.25, 0.3) is 0 Å². The fraction of sp³-hybridized carbons (Fsp3) is 0.533. The summed E-state index contributed by atoms with van der Waals surface area (Å²) in [4.78, 5) is 13.5. The summed E-state index contributed by atoms with van der Waals surface area (Å²) < 4.78 is 13.5. The second-order valence-corrected chi connectivity index (χ2v) is 5.05. The van der Waals surface area contributed by atoms with E-state index in [1.165, 1.54) is 6.07 Å². The van der Waals surface area contributed by atoms with Gasteiger partial charge in [0.1, 0.15) is 5.82 Å². The number of nitrogens with one attached hydrogen (secondary N) is 1. The maximum Gasteiger partial charge on any atom is 0.222 e. The maximum absolute atomic E-state index is 13.5. The van der Waals surface area contributed by atoms with Crippen molar-refractivity contribution in [1.29, 1.82) is 0 Å². The number of carbonyl (C=O) groups excluding carboxylic acids is 1. The quantitative estimate of drug-likeness (QED) is 0.769. The van der Waals surface area contributed by atoms with Crippen LogP contribution in [0.15, 0.2) is 24.3 Å². The number of amides is 1. The van der Waals surface area contributed by atoms with Crippen molar-refractivity contribution in [2.24, 2.45) is 0 Å². The molecule has 0 radical (unpaired) electrons. The van der Waals surface area contributed by atoms with Crippen LogP contribution in [0.1, 0.15) is 32.3 Å². The van der Waals surface area contributed by atoms with Gasteiger partial charge in [-0.2, -0.15) is 0 Å². The monoisotopic (exact) mass is 266 g/mol. The fourth-order valence-corrected chi connectivity index (χ4v) is 1.79. The maximum atomic E-state index is 13.5. The smallest absolute Gasteiger partial charge is 0.222 e. The molecule has 0 saturated carbocycles. The standard InChI is InChI=1S/C15H23FN2O/c1-12(2)17-10-6-9-15(19)18(3)11-13-7-4-5-8-14(13)16/h4-5,7-8,12,17H,6,9-11H2,1-3H3. The van der Waals surface area contributed by atoms with Crippen LogP contribution in [0.4, 0.5) is 4.39 Å². The van der Waals surface area contributed by atoms with Crippen molar-refractivity contribution in [3.63, 3.8) is 0 Å². The van der Waals surface area contributed by atoms with Gasteiger partial charge in [-0.1, -0.05) is 32.0 Å². The molecule has 0 heterocycles. The number of hydrogen-bond acceptors (Lipinski definition) is 2. The molecule has 0 aliphatic rings. The van der Waals surface area contributed by atoms with E-state index in [4.69, 9.17) is 0 Å². The first-order chi connectivity index (χ1) is 9.00. The van der Waals surface area contributed by atoms with Crippen molar-refractivity contribution in [3.8, 4) is 0 Å². The summed E-state index contributed by atoms with van der Waals surface area (Å²) in [5.41, 5.74) is 0.554. The minimum atomic E-state index is -0.261. The Morgan fingerprint density at radius 3 is 2.68 bits per heavy atom. The summed E-state index contributed by atoms with van der Waals surface area (Å²) in [5, 5.41) is 3.27. The van der Waals surface area contributed by atoms with E-state index in [1.807, 2.05) is 0 Å². The molecule has 3 nitrogen and oxygen atoms in total. The number of rotatable bonds is 7. The summed E-state index contributed by atoms with van der Waals surface area (Å²) >= 11 is 0. The molecule has 0 unspecified atom stereocenters. The predicted octanol–water partition coefficient (Wildman–Crippen LogP) is 2.56. The highest BCUT2D eigenvalue weighted by Crippen LogP contribution is 2.09. The topological polar surface area (TPSA) is 32.3 Å². The van der Waals surface area contributed by atoms with Gasteiger partial charge in [-0.05, 0) is 19.0 Å². The van der Waals surface area contributed by atoms with E-state index in [0.717, 1.165) is 13.0 Å². The van der Waals surface area contributed by atoms with E-state index in [-0.39, 0.29) is 11.7 Å². The highest BCUT2D eigenvalue weighted by Gasteiger charge is 2.11. The van der Waals surface area contributed by atoms with Crippen LogP contribution in [0, 0.1) is 5.82 Å². The molecule has 1 rings (SSSR count). The first kappa shape index (κ1) is 15.6. The first-order valence-electron chi connectivity index (χ1n) is 6.71. The van der Waals surface area contributed by atoms with Crippen LogP contribution in [0.5, 0.6) is 0 Å². The molecule has 1 aromatic carbocycles. The Balaban J connectivity index is 2.35. The Morgan fingerprint density at radius 2 is 2.05 bits per heavy atom. The molecule has 0 bridgehead atoms. The number of benzene rings is 1. The Bertz CT molecular complexity index is 407. The van der Waals surface area contributed by atoms with E-state index >= 15 is 0 Å². The van der Waals surface area contributed by atoms with Gasteiger partial charge < -0.3 is 10.2 Å². The van der Waals surface area contributed by atoms with Crippen LogP contribution in [0.3, 0.4) is 0 Å². The van der Waals surface area contributed by atoms with Crippen molar-refractivity contribution in [2.45, 2.75) is 39.3 Å². The number of hydrogen-bond donors (Lipinski definition) is 1. The van der Waals surface area contributed by atoms with Crippen molar-refractivity contribution < 1.29 is 9.18 Å². The lowest BCUT2D eigenvalue weighted by Crippen LogP contribution is -2.28. The lowest BCUT2D eigenvalue weighted by molar-refractivity contribution is -0.130. The highest BCUT2D eigenvalue weighted by atomic mass is 19.1. The van der Waals surface area contributed by atoms with E-state index in [1.54, 1.807) is 30.1 Å². The van der Waals surface area contributed by atoms with Gasteiger partial charge in [0.15, 0.2) is 0 Å². The van der Waals surface area contributed by atoms with Crippen molar-refractivity contribution in [2.75, 3.05) is 13.6 Å². The number of halogens is 1. The van der Waals surface area contributed by atoms with Gasteiger partial charge in [0.25, 0.3) is 0 Å². The molecule has 0 fully saturated rings. The summed E-state index contributed by atoms with van der Waals surface area (Å²) in [6.07, 6.45) is 1.29. The highest BCUT2D eigenvalue weighted by molar-refractivity contribution is 5.75. The van der Waals surface area contributed by atoms with Crippen molar-refractivity contribution in [1.82, 2.24) is 10.2 Å². The molecule has 19 heavy (non-hydrogen) atoms. The zero-order chi connectivity index (χ0) is 14.3. The molecule has 0 atom stereocenters. The predicted molar refractivity (Wildman–Crippen MR) is 75.2 cm³/mol. The Kier molecular flexibility index (Phi) is 6.50. The second kappa shape index (κ2) is 7.89. The third-order valence-electron chi connectivity index (χ3n) is 2.91. The van der Waals surface area contributed by atoms with Gasteiger partial charge in [0, 0.05) is 31.6 Å². The average Bonchev–Trinajstić information content (AvgIpc) is 2.36. The summed E-state index contributed by atoms with van der Waals surface area (Å²) in [7, 11) is 1.71. The van der Waals surface area contributed by atoms with Crippen LogP contribution >= 0.6 is 0 Å². The Morgan fingerprint density at radius 1 is 1.37 bits per heavy atom. The van der Waals surface area contributed by atoms with E-state index in [2.05, 4.69) is 19.2 Å². The van der Waals surface area contributed by atoms with Crippen LogP contribution in [-0.2, 0) is 11.3 Å². The van der Waals surface area contributed by atoms with Crippen LogP contribution in [0.2, 0.25) is 0 Å². The number of carbonyl (C=O) groups is 1. The van der Waals surface area contributed by atoms with Crippen LogP contribution < -0.4 is 5.32 Å². The molecule has 0 saturated heterocycles. The molecular weight excluding hydrogens is 243 g/mol. The number of nitrogens with zero attached hydrogens (tertiary/aromatic N) is 1. The molecule has 0 aliphatic carbocycles. The lowest BCUT2D eigenvalue weighted by Gasteiger charge is -2.18. The van der Waals surface area contributed by atoms with Crippen molar-refractivity contribution >= 4 is 5.91 Å². The van der Waals surface area contributed by atoms with Gasteiger partial charge >= 0.3 is 0 Å². The molecule has 1 aromatic rings. The third kappa shape index (κ3) is 5.83. The molecular formula is C15H23FN2O. The normalized spacial score (nSPS) is 10.8. The molecule has 1 N–H and O–H groups in total. The molecule has 4 heteroatoms. The van der Waals surface area contributed by atoms with Crippen molar-refractivity contribution in [3.05, 3.63) is 35.6 Å². The Labute approximate surface area is 114 Å². The van der Waals surface area contributed by atoms with Crippen LogP contribution in [-0.4, -0.2) is 30.4 Å². The first-order valence-corrected chi connectivity index (χ1v) is 6.71. The average molecular weight is 266 g/mol. The zero-order valence-corrected chi connectivity index (χ0v) is 11.9. The minimum absolute atomic E-state index is 0.0498.